The quantitative estimate of drug-likeness (QED) is 0.944. The van der Waals surface area contributed by atoms with Gasteiger partial charge in [-0.25, -0.2) is 9.97 Å². The lowest BCUT2D eigenvalue weighted by Gasteiger charge is -2.13. The molecule has 1 heterocycles. The third-order valence-corrected chi connectivity index (χ3v) is 2.87. The van der Waals surface area contributed by atoms with Crippen molar-refractivity contribution in [3.05, 3.63) is 41.6 Å². The van der Waals surface area contributed by atoms with E-state index in [4.69, 9.17) is 5.73 Å². The van der Waals surface area contributed by atoms with Crippen LogP contribution in [0.4, 0.5) is 19.1 Å². The minimum absolute atomic E-state index is 0.00593. The van der Waals surface area contributed by atoms with Gasteiger partial charge in [-0.05, 0) is 18.2 Å². The molecular weight excluding hydrogens is 297 g/mol. The summed E-state index contributed by atoms with van der Waals surface area (Å²) in [5.74, 6) is -0.496. The van der Waals surface area contributed by atoms with Crippen LogP contribution < -0.4 is 10.6 Å². The van der Waals surface area contributed by atoms with Crippen LogP contribution in [-0.4, -0.2) is 30.0 Å². The number of carbonyl (C=O) groups excluding carboxylic acids is 1. The maximum Gasteiger partial charge on any atom is 0.416 e. The van der Waals surface area contributed by atoms with Crippen molar-refractivity contribution in [3.63, 3.8) is 0 Å². The fourth-order valence-electron chi connectivity index (χ4n) is 1.74. The Balaban J connectivity index is 2.49. The average molecular weight is 310 g/mol. The molecule has 1 aromatic carbocycles. The van der Waals surface area contributed by atoms with E-state index >= 15 is 0 Å². The van der Waals surface area contributed by atoms with Gasteiger partial charge in [0.25, 0.3) is 5.91 Å². The van der Waals surface area contributed by atoms with Gasteiger partial charge in [0.15, 0.2) is 0 Å². The van der Waals surface area contributed by atoms with Crippen LogP contribution in [0.1, 0.15) is 16.1 Å². The van der Waals surface area contributed by atoms with Gasteiger partial charge < -0.3 is 10.6 Å². The van der Waals surface area contributed by atoms with E-state index in [1.165, 1.54) is 18.2 Å². The first kappa shape index (κ1) is 15.7. The van der Waals surface area contributed by atoms with Gasteiger partial charge in [0, 0.05) is 19.7 Å². The molecule has 0 saturated heterocycles. The van der Waals surface area contributed by atoms with E-state index in [9.17, 15) is 18.0 Å². The first-order valence-corrected chi connectivity index (χ1v) is 6.22. The van der Waals surface area contributed by atoms with Gasteiger partial charge in [0.1, 0.15) is 5.69 Å². The molecule has 1 aromatic heterocycles. The van der Waals surface area contributed by atoms with E-state index in [-0.39, 0.29) is 11.6 Å². The van der Waals surface area contributed by atoms with Crippen molar-refractivity contribution in [2.45, 2.75) is 6.18 Å². The number of hydrogen-bond acceptors (Lipinski definition) is 4. The molecular formula is C14H13F3N4O. The summed E-state index contributed by atoms with van der Waals surface area (Å²) in [6.45, 7) is 0. The van der Waals surface area contributed by atoms with Crippen molar-refractivity contribution in [2.24, 2.45) is 5.73 Å². The van der Waals surface area contributed by atoms with Crippen molar-refractivity contribution in [2.75, 3.05) is 19.0 Å². The first-order valence-electron chi connectivity index (χ1n) is 6.22. The highest BCUT2D eigenvalue weighted by atomic mass is 19.4. The molecule has 2 aromatic rings. The predicted molar refractivity (Wildman–Crippen MR) is 75.3 cm³/mol. The van der Waals surface area contributed by atoms with Crippen LogP contribution >= 0.6 is 0 Å². The molecule has 0 aliphatic heterocycles. The number of aromatic nitrogens is 2. The van der Waals surface area contributed by atoms with Crippen LogP contribution in [0.3, 0.4) is 0 Å². The molecule has 0 atom stereocenters. The number of alkyl halides is 3. The lowest BCUT2D eigenvalue weighted by molar-refractivity contribution is -0.137. The number of primary amides is 1. The number of nitrogens with zero attached hydrogens (tertiary/aromatic N) is 3. The van der Waals surface area contributed by atoms with Gasteiger partial charge in [0.2, 0.25) is 5.95 Å². The van der Waals surface area contributed by atoms with Gasteiger partial charge in [-0.1, -0.05) is 12.1 Å². The van der Waals surface area contributed by atoms with Gasteiger partial charge in [-0.2, -0.15) is 13.2 Å². The Labute approximate surface area is 124 Å². The Morgan fingerprint density at radius 3 is 2.18 bits per heavy atom. The van der Waals surface area contributed by atoms with Crippen molar-refractivity contribution >= 4 is 11.9 Å². The standard InChI is InChI=1S/C14H13F3N4O/c1-21(2)13-19-10(7-11(20-13)12(18)22)8-3-5-9(6-4-8)14(15,16)17/h3-7H,1-2H3,(H2,18,22). The highest BCUT2D eigenvalue weighted by Gasteiger charge is 2.30. The summed E-state index contributed by atoms with van der Waals surface area (Å²) in [6, 6.07) is 5.83. The molecule has 8 heteroatoms. The Bertz CT molecular complexity index is 696. The van der Waals surface area contributed by atoms with Gasteiger partial charge in [0.05, 0.1) is 11.3 Å². The van der Waals surface area contributed by atoms with Crippen molar-refractivity contribution in [3.8, 4) is 11.3 Å². The van der Waals surface area contributed by atoms with E-state index in [2.05, 4.69) is 9.97 Å². The minimum Gasteiger partial charge on any atom is -0.364 e. The number of hydrogen-bond donors (Lipinski definition) is 1. The van der Waals surface area contributed by atoms with Crippen molar-refractivity contribution < 1.29 is 18.0 Å². The molecule has 1 amide bonds. The summed E-state index contributed by atoms with van der Waals surface area (Å²) in [6.07, 6.45) is -4.41. The second-order valence-corrected chi connectivity index (χ2v) is 4.77. The smallest absolute Gasteiger partial charge is 0.364 e. The average Bonchev–Trinajstić information content (AvgIpc) is 2.46. The molecule has 2 N–H and O–H groups in total. The fraction of sp³-hybridized carbons (Fsp3) is 0.214. The molecule has 0 spiro atoms. The van der Waals surface area contributed by atoms with Crippen LogP contribution in [-0.2, 0) is 6.18 Å². The Morgan fingerprint density at radius 1 is 1.14 bits per heavy atom. The van der Waals surface area contributed by atoms with Gasteiger partial charge in [-0.15, -0.1) is 0 Å². The number of halogens is 3. The van der Waals surface area contributed by atoms with Crippen LogP contribution in [0.15, 0.2) is 30.3 Å². The molecule has 0 aliphatic carbocycles. The summed E-state index contributed by atoms with van der Waals surface area (Å²) in [5, 5.41) is 0. The normalized spacial score (nSPS) is 11.3. The largest absolute Gasteiger partial charge is 0.416 e. The monoisotopic (exact) mass is 310 g/mol. The van der Waals surface area contributed by atoms with Gasteiger partial charge in [-0.3, -0.25) is 4.79 Å². The van der Waals surface area contributed by atoms with Crippen LogP contribution in [0.5, 0.6) is 0 Å². The van der Waals surface area contributed by atoms with E-state index in [1.54, 1.807) is 19.0 Å². The molecule has 22 heavy (non-hydrogen) atoms. The van der Waals surface area contributed by atoms with E-state index in [1.807, 2.05) is 0 Å². The SMILES string of the molecule is CN(C)c1nc(C(N)=O)cc(-c2ccc(C(F)(F)F)cc2)n1. The third kappa shape index (κ3) is 3.33. The van der Waals surface area contributed by atoms with Crippen LogP contribution in [0.2, 0.25) is 0 Å². The molecule has 0 fully saturated rings. The van der Waals surface area contributed by atoms with E-state index < -0.39 is 17.6 Å². The van der Waals surface area contributed by atoms with E-state index in [0.29, 0.717) is 11.3 Å². The summed E-state index contributed by atoms with van der Waals surface area (Å²) >= 11 is 0. The summed E-state index contributed by atoms with van der Waals surface area (Å²) in [5.41, 5.74) is 5.20. The zero-order valence-corrected chi connectivity index (χ0v) is 11.8. The molecule has 116 valence electrons. The molecule has 2 rings (SSSR count). The number of amides is 1. The summed E-state index contributed by atoms with van der Waals surface area (Å²) < 4.78 is 37.7. The highest BCUT2D eigenvalue weighted by molar-refractivity contribution is 5.92. The molecule has 0 bridgehead atoms. The number of anilines is 1. The van der Waals surface area contributed by atoms with Gasteiger partial charge >= 0.3 is 6.18 Å². The zero-order valence-electron chi connectivity index (χ0n) is 11.8. The molecule has 0 radical (unpaired) electrons. The van der Waals surface area contributed by atoms with Crippen molar-refractivity contribution in [1.82, 2.24) is 9.97 Å². The Kier molecular flexibility index (Phi) is 4.03. The minimum atomic E-state index is -4.41. The number of benzene rings is 1. The number of carbonyl (C=O) groups is 1. The second-order valence-electron chi connectivity index (χ2n) is 4.77. The maximum atomic E-state index is 12.6. The molecule has 0 unspecified atom stereocenters. The van der Waals surface area contributed by atoms with Crippen LogP contribution in [0.25, 0.3) is 11.3 Å². The van der Waals surface area contributed by atoms with Crippen LogP contribution in [0, 0.1) is 0 Å². The fourth-order valence-corrected chi connectivity index (χ4v) is 1.74. The lowest BCUT2D eigenvalue weighted by atomic mass is 10.1. The van der Waals surface area contributed by atoms with E-state index in [0.717, 1.165) is 12.1 Å². The topological polar surface area (TPSA) is 72.1 Å². The Hall–Kier alpha value is -2.64. The maximum absolute atomic E-state index is 12.6. The highest BCUT2D eigenvalue weighted by Crippen LogP contribution is 2.30. The predicted octanol–water partition coefficient (Wildman–Crippen LogP) is 2.33. The lowest BCUT2D eigenvalue weighted by Crippen LogP contribution is -2.19. The number of rotatable bonds is 3. The first-order chi connectivity index (χ1) is 10.2. The number of nitrogens with two attached hydrogens (primary N) is 1. The third-order valence-electron chi connectivity index (χ3n) is 2.87. The summed E-state index contributed by atoms with van der Waals surface area (Å²) in [7, 11) is 3.35. The molecule has 0 saturated carbocycles. The Morgan fingerprint density at radius 2 is 1.73 bits per heavy atom. The zero-order chi connectivity index (χ0) is 16.5. The molecule has 5 nitrogen and oxygen atoms in total. The second kappa shape index (κ2) is 5.63. The van der Waals surface area contributed by atoms with Crippen molar-refractivity contribution in [1.29, 1.82) is 0 Å². The molecule has 0 aliphatic rings. The summed E-state index contributed by atoms with van der Waals surface area (Å²) in [4.78, 5) is 21.1.